The molecule has 1 fully saturated rings. The Morgan fingerprint density at radius 1 is 1.10 bits per heavy atom. The number of carbonyl (C=O) groups excluding carboxylic acids is 1. The number of halogens is 7. The molecular weight excluding hydrogens is 598 g/mol. The van der Waals surface area contributed by atoms with Gasteiger partial charge in [0.1, 0.15) is 17.8 Å². The quantitative estimate of drug-likeness (QED) is 0.316. The third-order valence-corrected chi connectivity index (χ3v) is 8.15. The number of oxime groups is 1. The van der Waals surface area contributed by atoms with Crippen LogP contribution < -0.4 is 5.56 Å². The summed E-state index contributed by atoms with van der Waals surface area (Å²) in [6, 6.07) is 5.45. The normalized spacial score (nSPS) is 18.4. The highest BCUT2D eigenvalue weighted by Gasteiger charge is 2.36. The van der Waals surface area contributed by atoms with Gasteiger partial charge in [0.15, 0.2) is 6.10 Å². The average molecular weight is 619 g/mol. The molecule has 0 bridgehead atoms. The van der Waals surface area contributed by atoms with Crippen LogP contribution in [0.25, 0.3) is 0 Å². The van der Waals surface area contributed by atoms with E-state index in [1.54, 1.807) is 11.4 Å². The zero-order chi connectivity index (χ0) is 29.5. The monoisotopic (exact) mass is 618 g/mol. The van der Waals surface area contributed by atoms with Crippen LogP contribution in [-0.4, -0.2) is 39.2 Å². The Hall–Kier alpha value is -3.39. The van der Waals surface area contributed by atoms with Gasteiger partial charge in [-0.3, -0.25) is 9.59 Å². The molecule has 218 valence electrons. The van der Waals surface area contributed by atoms with Crippen molar-refractivity contribution in [1.29, 1.82) is 0 Å². The van der Waals surface area contributed by atoms with Crippen molar-refractivity contribution in [3.63, 3.8) is 0 Å². The lowest BCUT2D eigenvalue weighted by atomic mass is 9.97. The van der Waals surface area contributed by atoms with E-state index in [1.807, 2.05) is 0 Å². The van der Waals surface area contributed by atoms with Crippen LogP contribution in [0, 0.1) is 0 Å². The van der Waals surface area contributed by atoms with E-state index in [0.29, 0.717) is 53.5 Å². The summed E-state index contributed by atoms with van der Waals surface area (Å²) in [4.78, 5) is 36.5. The Morgan fingerprint density at radius 3 is 2.51 bits per heavy atom. The van der Waals surface area contributed by atoms with Gasteiger partial charge in [-0.15, -0.1) is 11.3 Å². The summed E-state index contributed by atoms with van der Waals surface area (Å²) in [5, 5.41) is 6.34. The Morgan fingerprint density at radius 2 is 1.83 bits per heavy atom. The van der Waals surface area contributed by atoms with Gasteiger partial charge in [-0.05, 0) is 36.6 Å². The fourth-order valence-corrected chi connectivity index (χ4v) is 6.00. The molecule has 15 heteroatoms. The number of thiazole rings is 1. The maximum absolute atomic E-state index is 13.1. The molecule has 1 unspecified atom stereocenters. The van der Waals surface area contributed by atoms with Gasteiger partial charge < -0.3 is 14.3 Å². The van der Waals surface area contributed by atoms with Crippen LogP contribution in [0.1, 0.15) is 58.7 Å². The number of hydrogen-bond acceptors (Lipinski definition) is 6. The molecule has 2 aliphatic rings. The number of amides is 1. The van der Waals surface area contributed by atoms with Gasteiger partial charge >= 0.3 is 12.4 Å². The molecule has 0 saturated carbocycles. The molecule has 5 rings (SSSR count). The number of benzene rings is 1. The number of alkyl halides is 6. The molecule has 1 amide bonds. The van der Waals surface area contributed by atoms with Gasteiger partial charge in [0, 0.05) is 37.0 Å². The number of pyridine rings is 1. The van der Waals surface area contributed by atoms with E-state index in [4.69, 9.17) is 16.4 Å². The highest BCUT2D eigenvalue weighted by molar-refractivity contribution is 7.10. The van der Waals surface area contributed by atoms with Crippen LogP contribution in [0.4, 0.5) is 26.3 Å². The van der Waals surface area contributed by atoms with E-state index in [-0.39, 0.29) is 17.4 Å². The lowest BCUT2D eigenvalue weighted by Gasteiger charge is -2.31. The number of nitrogens with zero attached hydrogens (tertiary/aromatic N) is 4. The zero-order valence-electron chi connectivity index (χ0n) is 21.0. The van der Waals surface area contributed by atoms with Crippen molar-refractivity contribution >= 4 is 34.6 Å². The van der Waals surface area contributed by atoms with E-state index >= 15 is 0 Å². The van der Waals surface area contributed by atoms with Crippen molar-refractivity contribution in [3.05, 3.63) is 84.7 Å². The minimum atomic E-state index is -4.90. The first-order chi connectivity index (χ1) is 19.3. The molecule has 1 saturated heterocycles. The van der Waals surface area contributed by atoms with E-state index in [2.05, 4.69) is 10.1 Å². The summed E-state index contributed by atoms with van der Waals surface area (Å²) >= 11 is 7.15. The number of piperidine rings is 1. The SMILES string of the molecule is O=C(Cn1cc(Cl)cc(C(F)(F)F)c1=O)N1CCC(c2nc(C3=NOC(c4cccc(C(F)(F)F)c4)C3)cs2)CC1. The van der Waals surface area contributed by atoms with E-state index in [1.165, 1.54) is 22.3 Å². The Kier molecular flexibility index (Phi) is 7.90. The fraction of sp³-hybridized carbons (Fsp3) is 0.385. The van der Waals surface area contributed by atoms with E-state index < -0.39 is 47.6 Å². The molecule has 1 atom stereocenters. The molecule has 3 aromatic rings. The number of aromatic nitrogens is 2. The van der Waals surface area contributed by atoms with Crippen molar-refractivity contribution in [1.82, 2.24) is 14.5 Å². The molecule has 1 aromatic carbocycles. The number of hydrogen-bond donors (Lipinski definition) is 0. The highest BCUT2D eigenvalue weighted by atomic mass is 35.5. The number of likely N-dealkylation sites (tertiary alicyclic amines) is 1. The minimum absolute atomic E-state index is 0.0192. The third kappa shape index (κ3) is 6.43. The maximum atomic E-state index is 13.1. The van der Waals surface area contributed by atoms with Crippen LogP contribution >= 0.6 is 22.9 Å². The van der Waals surface area contributed by atoms with Crippen LogP contribution in [0.5, 0.6) is 0 Å². The molecule has 4 heterocycles. The second-order valence-electron chi connectivity index (χ2n) is 9.69. The molecule has 0 radical (unpaired) electrons. The Bertz CT molecular complexity index is 1540. The largest absolute Gasteiger partial charge is 0.421 e. The Balaban J connectivity index is 1.18. The van der Waals surface area contributed by atoms with E-state index in [9.17, 15) is 35.9 Å². The standard InChI is InChI=1S/C26H21ClF6N4O3S/c27-17-9-18(26(31,32)33)24(39)37(11-17)12-22(38)36-6-4-14(5-7-36)23-34-20(13-41-23)19-10-21(40-35-19)15-2-1-3-16(8-15)25(28,29)30/h1-3,8-9,11,13-14,21H,4-7,10,12H2. The summed E-state index contributed by atoms with van der Waals surface area (Å²) < 4.78 is 79.3. The highest BCUT2D eigenvalue weighted by Crippen LogP contribution is 2.36. The van der Waals surface area contributed by atoms with Gasteiger partial charge in [-0.2, -0.15) is 26.3 Å². The molecule has 0 N–H and O–H groups in total. The predicted molar refractivity (Wildman–Crippen MR) is 138 cm³/mol. The average Bonchev–Trinajstić information content (AvgIpc) is 3.60. The molecule has 2 aromatic heterocycles. The molecule has 7 nitrogen and oxygen atoms in total. The second kappa shape index (κ2) is 11.1. The first-order valence-electron chi connectivity index (χ1n) is 12.4. The zero-order valence-corrected chi connectivity index (χ0v) is 22.6. The lowest BCUT2D eigenvalue weighted by molar-refractivity contribution is -0.140. The van der Waals surface area contributed by atoms with Crippen molar-refractivity contribution in [2.45, 2.75) is 50.2 Å². The van der Waals surface area contributed by atoms with Crippen molar-refractivity contribution in [2.24, 2.45) is 5.16 Å². The van der Waals surface area contributed by atoms with Crippen LogP contribution in [0.3, 0.4) is 0 Å². The van der Waals surface area contributed by atoms with Gasteiger partial charge in [-0.1, -0.05) is 28.9 Å². The summed E-state index contributed by atoms with van der Waals surface area (Å²) in [7, 11) is 0. The minimum Gasteiger partial charge on any atom is -0.387 e. The summed E-state index contributed by atoms with van der Waals surface area (Å²) in [5.74, 6) is -0.482. The third-order valence-electron chi connectivity index (χ3n) is 6.93. The van der Waals surface area contributed by atoms with Gasteiger partial charge in [0.05, 0.1) is 21.3 Å². The van der Waals surface area contributed by atoms with Gasteiger partial charge in [0.2, 0.25) is 5.91 Å². The summed E-state index contributed by atoms with van der Waals surface area (Å²) in [6.07, 6.45) is -7.66. The predicted octanol–water partition coefficient (Wildman–Crippen LogP) is 6.27. The first kappa shape index (κ1) is 29.1. The van der Waals surface area contributed by atoms with Crippen LogP contribution in [-0.2, 0) is 28.5 Å². The van der Waals surface area contributed by atoms with E-state index in [0.717, 1.165) is 23.3 Å². The summed E-state index contributed by atoms with van der Waals surface area (Å²) in [6.45, 7) is 0.0739. The van der Waals surface area contributed by atoms with Crippen molar-refractivity contribution in [2.75, 3.05) is 13.1 Å². The van der Waals surface area contributed by atoms with Crippen LogP contribution in [0.15, 0.2) is 51.9 Å². The van der Waals surface area contributed by atoms with Crippen molar-refractivity contribution < 1.29 is 36.0 Å². The summed E-state index contributed by atoms with van der Waals surface area (Å²) in [5.41, 5.74) is -2.09. The maximum Gasteiger partial charge on any atom is 0.421 e. The molecule has 0 aliphatic carbocycles. The first-order valence-corrected chi connectivity index (χ1v) is 13.7. The topological polar surface area (TPSA) is 76.8 Å². The van der Waals surface area contributed by atoms with Gasteiger partial charge in [-0.25, -0.2) is 4.98 Å². The molecule has 41 heavy (non-hydrogen) atoms. The molecule has 0 spiro atoms. The molecular formula is C26H21ClF6N4O3S. The molecule has 2 aliphatic heterocycles. The lowest BCUT2D eigenvalue weighted by Crippen LogP contribution is -2.41. The second-order valence-corrected chi connectivity index (χ2v) is 11.0. The fourth-order valence-electron chi connectivity index (χ4n) is 4.77. The number of carbonyl (C=O) groups is 1. The smallest absolute Gasteiger partial charge is 0.387 e. The van der Waals surface area contributed by atoms with Crippen LogP contribution in [0.2, 0.25) is 5.02 Å². The Labute approximate surface area is 238 Å². The number of rotatable bonds is 5. The van der Waals surface area contributed by atoms with Gasteiger partial charge in [0.25, 0.3) is 5.56 Å². The van der Waals surface area contributed by atoms with Crippen molar-refractivity contribution in [3.8, 4) is 0 Å².